The van der Waals surface area contributed by atoms with Gasteiger partial charge in [-0.15, -0.1) is 0 Å². The molecule has 4 aromatic rings. The molecule has 0 atom stereocenters. The highest BCUT2D eigenvalue weighted by atomic mass is 16.7. The van der Waals surface area contributed by atoms with E-state index in [0.717, 1.165) is 63.6 Å². The van der Waals surface area contributed by atoms with Crippen molar-refractivity contribution in [3.63, 3.8) is 0 Å². The fraction of sp³-hybridized carbons (Fsp3) is 0.222. The molecular weight excluding hydrogens is 400 g/mol. The predicted octanol–water partition coefficient (Wildman–Crippen LogP) is 5.57. The molecule has 1 aliphatic carbocycles. The molecule has 0 spiro atoms. The smallest absolute Gasteiger partial charge is 0.331 e. The van der Waals surface area contributed by atoms with Gasteiger partial charge in [0.1, 0.15) is 0 Å². The van der Waals surface area contributed by atoms with Crippen LogP contribution in [0.1, 0.15) is 52.9 Å². The number of aryl methyl sites for hydroxylation is 3. The van der Waals surface area contributed by atoms with Gasteiger partial charge in [-0.05, 0) is 68.1 Å². The summed E-state index contributed by atoms with van der Waals surface area (Å²) in [6.07, 6.45) is 1.62. The van der Waals surface area contributed by atoms with Crippen LogP contribution < -0.4 is 0 Å². The molecular formula is C27H24N2O3. The zero-order valence-electron chi connectivity index (χ0n) is 18.4. The first-order chi connectivity index (χ1) is 15.5. The summed E-state index contributed by atoms with van der Waals surface area (Å²) < 4.78 is 2.29. The van der Waals surface area contributed by atoms with E-state index >= 15 is 0 Å². The summed E-state index contributed by atoms with van der Waals surface area (Å²) in [7, 11) is 0. The summed E-state index contributed by atoms with van der Waals surface area (Å²) in [6, 6.07) is 18.0. The zero-order chi connectivity index (χ0) is 22.4. The average molecular weight is 425 g/mol. The highest BCUT2D eigenvalue weighted by molar-refractivity contribution is 6.17. The Morgan fingerprint density at radius 2 is 1.78 bits per heavy atom. The minimum atomic E-state index is -0.422. The molecule has 0 N–H and O–H groups in total. The summed E-state index contributed by atoms with van der Waals surface area (Å²) in [5.41, 5.74) is 7.64. The second-order valence-electron chi connectivity index (χ2n) is 8.27. The SMILES string of the molecule is CCn1c2ccc(C(=O)c3ccccc3C)cc2c2cc3c(cc21)CC/C3=N\OC(C)=O. The quantitative estimate of drug-likeness (QED) is 0.245. The first-order valence-corrected chi connectivity index (χ1v) is 10.9. The van der Waals surface area contributed by atoms with Crippen molar-refractivity contribution in [1.29, 1.82) is 0 Å². The molecule has 5 nitrogen and oxygen atoms in total. The van der Waals surface area contributed by atoms with Crippen molar-refractivity contribution in [3.8, 4) is 0 Å². The van der Waals surface area contributed by atoms with Gasteiger partial charge in [0.2, 0.25) is 0 Å². The van der Waals surface area contributed by atoms with Crippen LogP contribution in [0, 0.1) is 6.92 Å². The highest BCUT2D eigenvalue weighted by Gasteiger charge is 2.23. The maximum absolute atomic E-state index is 13.2. The average Bonchev–Trinajstić information content (AvgIpc) is 3.33. The van der Waals surface area contributed by atoms with E-state index in [-0.39, 0.29) is 5.78 Å². The molecule has 0 saturated carbocycles. The third-order valence-corrected chi connectivity index (χ3v) is 6.28. The molecule has 0 bridgehead atoms. The van der Waals surface area contributed by atoms with Gasteiger partial charge in [-0.1, -0.05) is 29.4 Å². The Morgan fingerprint density at radius 3 is 2.53 bits per heavy atom. The van der Waals surface area contributed by atoms with Crippen molar-refractivity contribution in [3.05, 3.63) is 82.4 Å². The molecule has 1 aliphatic rings. The topological polar surface area (TPSA) is 60.7 Å². The maximum Gasteiger partial charge on any atom is 0.331 e. The molecule has 1 heterocycles. The van der Waals surface area contributed by atoms with Gasteiger partial charge in [-0.2, -0.15) is 0 Å². The van der Waals surface area contributed by atoms with Gasteiger partial charge < -0.3 is 9.40 Å². The predicted molar refractivity (Wildman–Crippen MR) is 126 cm³/mol. The van der Waals surface area contributed by atoms with Gasteiger partial charge in [0, 0.05) is 52.0 Å². The zero-order valence-corrected chi connectivity index (χ0v) is 18.4. The van der Waals surface area contributed by atoms with E-state index in [2.05, 4.69) is 28.8 Å². The van der Waals surface area contributed by atoms with Crippen LogP contribution in [0.15, 0.2) is 59.8 Å². The summed E-state index contributed by atoms with van der Waals surface area (Å²) in [5, 5.41) is 6.20. The summed E-state index contributed by atoms with van der Waals surface area (Å²) in [5.74, 6) is -0.394. The van der Waals surface area contributed by atoms with E-state index in [1.54, 1.807) is 0 Å². The summed E-state index contributed by atoms with van der Waals surface area (Å²) >= 11 is 0. The van der Waals surface area contributed by atoms with Crippen molar-refractivity contribution in [2.75, 3.05) is 0 Å². The van der Waals surface area contributed by atoms with Gasteiger partial charge in [0.15, 0.2) is 5.78 Å². The number of benzene rings is 3. The standard InChI is InChI=1S/C27H24N2O3/c1-4-29-25-12-10-19(27(31)20-8-6-5-7-16(20)2)13-22(25)23-15-21-18(14-26(23)29)9-11-24(21)28-32-17(3)30/h5-8,10,12-15H,4,9,11H2,1-3H3/b28-24+. The Bertz CT molecular complexity index is 1440. The minimum absolute atomic E-state index is 0.0284. The first-order valence-electron chi connectivity index (χ1n) is 10.9. The number of ketones is 1. The van der Waals surface area contributed by atoms with Crippen LogP contribution in [0.5, 0.6) is 0 Å². The minimum Gasteiger partial charge on any atom is -0.341 e. The van der Waals surface area contributed by atoms with Gasteiger partial charge >= 0.3 is 5.97 Å². The maximum atomic E-state index is 13.2. The number of fused-ring (bicyclic) bond motifs is 4. The summed E-state index contributed by atoms with van der Waals surface area (Å²) in [6.45, 7) is 6.28. The van der Waals surface area contributed by atoms with Crippen molar-refractivity contribution in [1.82, 2.24) is 4.57 Å². The third-order valence-electron chi connectivity index (χ3n) is 6.28. The summed E-state index contributed by atoms with van der Waals surface area (Å²) in [4.78, 5) is 29.4. The molecule has 0 saturated heterocycles. The fourth-order valence-corrected chi connectivity index (χ4v) is 4.73. The highest BCUT2D eigenvalue weighted by Crippen LogP contribution is 2.35. The van der Waals surface area contributed by atoms with Gasteiger partial charge in [-0.25, -0.2) is 4.79 Å². The Balaban J connectivity index is 1.70. The molecule has 32 heavy (non-hydrogen) atoms. The van der Waals surface area contributed by atoms with E-state index in [0.29, 0.717) is 5.56 Å². The molecule has 1 aromatic heterocycles. The van der Waals surface area contributed by atoms with E-state index in [1.165, 1.54) is 12.5 Å². The van der Waals surface area contributed by atoms with Crippen LogP contribution >= 0.6 is 0 Å². The molecule has 0 fully saturated rings. The first kappa shape index (κ1) is 20.2. The van der Waals surface area contributed by atoms with E-state index in [4.69, 9.17) is 4.84 Å². The number of aromatic nitrogens is 1. The Kier molecular flexibility index (Phi) is 4.89. The van der Waals surface area contributed by atoms with E-state index < -0.39 is 5.97 Å². The molecule has 0 unspecified atom stereocenters. The lowest BCUT2D eigenvalue weighted by Crippen LogP contribution is -2.03. The van der Waals surface area contributed by atoms with Crippen LogP contribution in [-0.2, 0) is 22.6 Å². The van der Waals surface area contributed by atoms with Gasteiger partial charge in [0.25, 0.3) is 0 Å². The molecule has 5 heteroatoms. The molecule has 160 valence electrons. The monoisotopic (exact) mass is 424 g/mol. The third kappa shape index (κ3) is 3.21. The largest absolute Gasteiger partial charge is 0.341 e. The Morgan fingerprint density at radius 1 is 1.00 bits per heavy atom. The van der Waals surface area contributed by atoms with Crippen LogP contribution in [0.2, 0.25) is 0 Å². The number of carbonyl (C=O) groups is 2. The molecule has 5 rings (SSSR count). The second kappa shape index (κ2) is 7.75. The number of rotatable bonds is 4. The lowest BCUT2D eigenvalue weighted by molar-refractivity contribution is -0.140. The number of hydrogen-bond donors (Lipinski definition) is 0. The van der Waals surface area contributed by atoms with Crippen molar-refractivity contribution in [2.45, 2.75) is 40.2 Å². The molecule has 0 aliphatic heterocycles. The number of nitrogens with zero attached hydrogens (tertiary/aromatic N) is 2. The van der Waals surface area contributed by atoms with Crippen LogP contribution in [0.4, 0.5) is 0 Å². The fourth-order valence-electron chi connectivity index (χ4n) is 4.73. The van der Waals surface area contributed by atoms with Crippen molar-refractivity contribution < 1.29 is 14.4 Å². The number of hydrogen-bond acceptors (Lipinski definition) is 4. The van der Waals surface area contributed by atoms with Crippen LogP contribution in [0.3, 0.4) is 0 Å². The van der Waals surface area contributed by atoms with E-state index in [1.807, 2.05) is 49.4 Å². The molecule has 3 aromatic carbocycles. The Labute approximate surface area is 186 Å². The number of oxime groups is 1. The Hall–Kier alpha value is -3.73. The van der Waals surface area contributed by atoms with Gasteiger partial charge in [-0.3, -0.25) is 4.79 Å². The second-order valence-corrected chi connectivity index (χ2v) is 8.27. The number of carbonyl (C=O) groups excluding carboxylic acids is 2. The van der Waals surface area contributed by atoms with Crippen LogP contribution in [0.25, 0.3) is 21.8 Å². The molecule has 0 radical (unpaired) electrons. The van der Waals surface area contributed by atoms with E-state index in [9.17, 15) is 9.59 Å². The lowest BCUT2D eigenvalue weighted by atomic mass is 9.97. The normalized spacial score (nSPS) is 14.3. The van der Waals surface area contributed by atoms with Crippen molar-refractivity contribution in [2.24, 2.45) is 5.16 Å². The molecule has 0 amide bonds. The van der Waals surface area contributed by atoms with Gasteiger partial charge in [0.05, 0.1) is 5.71 Å². The van der Waals surface area contributed by atoms with Crippen molar-refractivity contribution >= 4 is 39.3 Å². The lowest BCUT2D eigenvalue weighted by Gasteiger charge is -2.06. The van der Waals surface area contributed by atoms with Crippen LogP contribution in [-0.4, -0.2) is 22.0 Å².